The molecule has 1 aromatic heterocycles. The van der Waals surface area contributed by atoms with Crippen LogP contribution in [0, 0.1) is 5.92 Å². The molecule has 0 spiro atoms. The fraction of sp³-hybridized carbons (Fsp3) is 0.533. The lowest BCUT2D eigenvalue weighted by Gasteiger charge is -2.37. The lowest BCUT2D eigenvalue weighted by atomic mass is 10.0. The number of aromatic nitrogens is 2. The number of carbonyl (C=O) groups excluding carboxylic acids is 1. The van der Waals surface area contributed by atoms with Crippen LogP contribution >= 0.6 is 11.8 Å². The number of likely N-dealkylation sites (tertiary alicyclic amines) is 1. The number of aliphatic imine (C=N–C) groups is 1. The Morgan fingerprint density at radius 3 is 2.40 bits per heavy atom. The fourth-order valence-corrected chi connectivity index (χ4v) is 6.79. The van der Waals surface area contributed by atoms with E-state index in [1.807, 2.05) is 30.3 Å². The van der Waals surface area contributed by atoms with E-state index in [9.17, 15) is 4.79 Å². The van der Waals surface area contributed by atoms with Gasteiger partial charge in [0.1, 0.15) is 11.7 Å². The van der Waals surface area contributed by atoms with E-state index in [0.29, 0.717) is 40.9 Å². The summed E-state index contributed by atoms with van der Waals surface area (Å²) >= 11 is 1.48. The van der Waals surface area contributed by atoms with Gasteiger partial charge in [-0.25, -0.2) is 15.0 Å². The highest BCUT2D eigenvalue weighted by Crippen LogP contribution is 2.32. The Morgan fingerprint density at radius 1 is 1.02 bits per heavy atom. The highest BCUT2D eigenvalue weighted by Gasteiger charge is 2.27. The molecule has 2 aliphatic heterocycles. The van der Waals surface area contributed by atoms with Crippen LogP contribution in [-0.4, -0.2) is 58.8 Å². The number of hydrogen-bond acceptors (Lipinski definition) is 8. The van der Waals surface area contributed by atoms with Crippen molar-refractivity contribution in [1.29, 1.82) is 0 Å². The fourth-order valence-electron chi connectivity index (χ4n) is 6.03. The third-order valence-electron chi connectivity index (χ3n) is 8.04. The Hall–Kier alpha value is -3.11. The van der Waals surface area contributed by atoms with Crippen molar-refractivity contribution in [3.8, 4) is 0 Å². The number of nitrogens with two attached hydrogens (primary N) is 2. The number of amidine groups is 1. The van der Waals surface area contributed by atoms with Gasteiger partial charge < -0.3 is 26.6 Å². The zero-order valence-corrected chi connectivity index (χ0v) is 24.3. The van der Waals surface area contributed by atoms with Gasteiger partial charge >= 0.3 is 0 Å². The largest absolute Gasteiger partial charge is 0.402 e. The van der Waals surface area contributed by atoms with Crippen LogP contribution in [0.3, 0.4) is 0 Å². The van der Waals surface area contributed by atoms with Gasteiger partial charge in [0.2, 0.25) is 5.91 Å². The molecule has 3 heterocycles. The van der Waals surface area contributed by atoms with E-state index in [1.165, 1.54) is 50.5 Å². The summed E-state index contributed by atoms with van der Waals surface area (Å²) in [6.45, 7) is 6.15. The maximum Gasteiger partial charge on any atom is 0.224 e. The Balaban J connectivity index is 1.28. The second kappa shape index (κ2) is 13.5. The molecule has 10 heteroatoms. The Labute approximate surface area is 241 Å². The first-order valence-corrected chi connectivity index (χ1v) is 15.5. The normalized spacial score (nSPS) is 19.9. The summed E-state index contributed by atoms with van der Waals surface area (Å²) in [4.78, 5) is 32.5. The molecular formula is C30H42N8OS. The van der Waals surface area contributed by atoms with Crippen LogP contribution in [0.15, 0.2) is 57.1 Å². The molecule has 5 N–H and O–H groups in total. The smallest absolute Gasteiger partial charge is 0.224 e. The molecular weight excluding hydrogens is 520 g/mol. The molecule has 3 fully saturated rings. The van der Waals surface area contributed by atoms with Crippen molar-refractivity contribution in [2.45, 2.75) is 80.8 Å². The average Bonchev–Trinajstić information content (AvgIpc) is 3.64. The number of carbonyl (C=O) groups is 1. The highest BCUT2D eigenvalue weighted by molar-refractivity contribution is 7.99. The van der Waals surface area contributed by atoms with E-state index >= 15 is 0 Å². The van der Waals surface area contributed by atoms with Gasteiger partial charge in [-0.05, 0) is 107 Å². The summed E-state index contributed by atoms with van der Waals surface area (Å²) in [5.74, 6) is 2.32. The molecule has 1 aromatic carbocycles. The second-order valence-corrected chi connectivity index (χ2v) is 12.3. The van der Waals surface area contributed by atoms with Crippen molar-refractivity contribution in [2.75, 3.05) is 36.4 Å². The van der Waals surface area contributed by atoms with Gasteiger partial charge in [-0.1, -0.05) is 12.8 Å². The van der Waals surface area contributed by atoms with Gasteiger partial charge in [0.05, 0.1) is 0 Å². The second-order valence-electron chi connectivity index (χ2n) is 11.3. The van der Waals surface area contributed by atoms with Crippen LogP contribution in [-0.2, 0) is 4.79 Å². The van der Waals surface area contributed by atoms with Gasteiger partial charge in [-0.3, -0.25) is 4.79 Å². The maximum absolute atomic E-state index is 12.4. The Kier molecular flexibility index (Phi) is 9.59. The molecule has 0 atom stereocenters. The summed E-state index contributed by atoms with van der Waals surface area (Å²) in [5.41, 5.74) is 13.3. The summed E-state index contributed by atoms with van der Waals surface area (Å²) < 4.78 is 0. The summed E-state index contributed by atoms with van der Waals surface area (Å²) in [5, 5.41) is 3.65. The number of anilines is 2. The third kappa shape index (κ3) is 7.97. The van der Waals surface area contributed by atoms with Crippen molar-refractivity contribution >= 4 is 40.8 Å². The molecule has 3 aliphatic rings. The van der Waals surface area contributed by atoms with Gasteiger partial charge in [0.25, 0.3) is 0 Å². The standard InChI is InChI=1S/C30H42N8OS/c1-21(31)18-26(32)34-27-20-28(38-16-12-24(13-17-38)37-14-4-5-15-37)36-30(35-27)40-25-10-8-23(9-11-25)33-29(39)19-22-6-2-3-7-22/h8-11,18,20,22,24H,2-7,12-17,19,31H2,1H3,(H,33,39)(H2,32,34,35,36)/b21-18-. The number of benzene rings is 1. The van der Waals surface area contributed by atoms with Crippen LogP contribution in [0.1, 0.15) is 64.7 Å². The van der Waals surface area contributed by atoms with Gasteiger partial charge in [0, 0.05) is 47.9 Å². The minimum atomic E-state index is 0.0960. The minimum absolute atomic E-state index is 0.0960. The van der Waals surface area contributed by atoms with Crippen LogP contribution in [0.2, 0.25) is 0 Å². The van der Waals surface area contributed by atoms with Gasteiger partial charge in [0.15, 0.2) is 11.0 Å². The van der Waals surface area contributed by atoms with Gasteiger partial charge in [-0.2, -0.15) is 0 Å². The van der Waals surface area contributed by atoms with Crippen molar-refractivity contribution in [3.63, 3.8) is 0 Å². The van der Waals surface area contributed by atoms with Crippen LogP contribution in [0.5, 0.6) is 0 Å². The molecule has 1 aliphatic carbocycles. The van der Waals surface area contributed by atoms with E-state index in [0.717, 1.165) is 55.2 Å². The molecule has 0 unspecified atom stereocenters. The lowest BCUT2D eigenvalue weighted by Crippen LogP contribution is -2.44. The first-order valence-electron chi connectivity index (χ1n) is 14.6. The number of nitrogens with zero attached hydrogens (tertiary/aromatic N) is 5. The highest BCUT2D eigenvalue weighted by atomic mass is 32.2. The van der Waals surface area contributed by atoms with E-state index in [-0.39, 0.29) is 5.91 Å². The molecule has 214 valence electrons. The molecule has 2 saturated heterocycles. The molecule has 40 heavy (non-hydrogen) atoms. The molecule has 5 rings (SSSR count). The zero-order valence-electron chi connectivity index (χ0n) is 23.5. The maximum atomic E-state index is 12.4. The van der Waals surface area contributed by atoms with Crippen molar-refractivity contribution in [1.82, 2.24) is 14.9 Å². The molecule has 2 aromatic rings. The first kappa shape index (κ1) is 28.4. The topological polar surface area (TPSA) is 126 Å². The number of nitrogens with one attached hydrogen (secondary N) is 1. The summed E-state index contributed by atoms with van der Waals surface area (Å²) in [6.07, 6.45) is 12.0. The van der Waals surface area contributed by atoms with Crippen molar-refractivity contribution in [3.05, 3.63) is 42.1 Å². The van der Waals surface area contributed by atoms with E-state index in [4.69, 9.17) is 16.5 Å². The summed E-state index contributed by atoms with van der Waals surface area (Å²) in [7, 11) is 0. The number of allylic oxidation sites excluding steroid dienone is 1. The molecule has 9 nitrogen and oxygen atoms in total. The van der Waals surface area contributed by atoms with E-state index in [1.54, 1.807) is 13.0 Å². The van der Waals surface area contributed by atoms with Crippen LogP contribution in [0.25, 0.3) is 0 Å². The number of piperidine rings is 1. The molecule has 1 saturated carbocycles. The predicted octanol–water partition coefficient (Wildman–Crippen LogP) is 5.06. The molecule has 0 bridgehead atoms. The monoisotopic (exact) mass is 562 g/mol. The van der Waals surface area contributed by atoms with Crippen LogP contribution < -0.4 is 21.7 Å². The van der Waals surface area contributed by atoms with Gasteiger partial charge in [-0.15, -0.1) is 0 Å². The average molecular weight is 563 g/mol. The van der Waals surface area contributed by atoms with E-state index in [2.05, 4.69) is 25.1 Å². The minimum Gasteiger partial charge on any atom is -0.402 e. The van der Waals surface area contributed by atoms with Crippen LogP contribution in [0.4, 0.5) is 17.3 Å². The zero-order chi connectivity index (χ0) is 27.9. The third-order valence-corrected chi connectivity index (χ3v) is 8.91. The van der Waals surface area contributed by atoms with E-state index < -0.39 is 0 Å². The Bertz CT molecular complexity index is 1210. The molecule has 1 amide bonds. The lowest BCUT2D eigenvalue weighted by molar-refractivity contribution is -0.117. The number of amides is 1. The number of rotatable bonds is 9. The van der Waals surface area contributed by atoms with Crippen molar-refractivity contribution < 1.29 is 4.79 Å². The first-order chi connectivity index (χ1) is 19.4. The predicted molar refractivity (Wildman–Crippen MR) is 163 cm³/mol. The quantitative estimate of drug-likeness (QED) is 0.220. The van der Waals surface area contributed by atoms with Crippen molar-refractivity contribution in [2.24, 2.45) is 22.4 Å². The Morgan fingerprint density at radius 2 is 1.73 bits per heavy atom. The SMILES string of the molecule is C/C(N)=C/C(N)=Nc1cc(N2CCC(N3CCCC3)CC2)nc(Sc2ccc(NC(=O)CC3CCCC3)cc2)n1. The summed E-state index contributed by atoms with van der Waals surface area (Å²) in [6, 6.07) is 10.4. The number of hydrogen-bond donors (Lipinski definition) is 3. The molecule has 0 radical (unpaired) electrons.